The second kappa shape index (κ2) is 6.32. The van der Waals surface area contributed by atoms with Gasteiger partial charge in [-0.05, 0) is 41.9 Å². The van der Waals surface area contributed by atoms with Crippen LogP contribution < -0.4 is 10.4 Å². The minimum atomic E-state index is -1.46. The highest BCUT2D eigenvalue weighted by atomic mass is 16.4. The normalized spacial score (nSPS) is 10.8. The molecule has 0 amide bonds. The van der Waals surface area contributed by atoms with Crippen LogP contribution in [0.1, 0.15) is 2.85 Å². The van der Waals surface area contributed by atoms with Gasteiger partial charge >= 0.3 is 7.12 Å². The first-order chi connectivity index (χ1) is 9.56. The summed E-state index contributed by atoms with van der Waals surface area (Å²) < 4.78 is 0. The number of benzene rings is 2. The fourth-order valence-electron chi connectivity index (χ4n) is 1.65. The van der Waals surface area contributed by atoms with Crippen LogP contribution >= 0.6 is 0 Å². The van der Waals surface area contributed by atoms with Gasteiger partial charge in [0.05, 0.1) is 11.4 Å². The topological polar surface area (TPSA) is 68.4 Å². The molecule has 0 heterocycles. The Morgan fingerprint density at radius 2 is 1.30 bits per heavy atom. The van der Waals surface area contributed by atoms with Gasteiger partial charge in [-0.25, -0.2) is 0 Å². The van der Waals surface area contributed by atoms with Crippen molar-refractivity contribution in [3.63, 3.8) is 0 Å². The van der Waals surface area contributed by atoms with Gasteiger partial charge in [-0.1, -0.05) is 12.1 Å². The smallest absolute Gasteiger partial charge is 0.423 e. The van der Waals surface area contributed by atoms with Crippen LogP contribution in [0.2, 0.25) is 0 Å². The van der Waals surface area contributed by atoms with Crippen LogP contribution in [0, 0.1) is 0 Å². The number of hydrogen-bond acceptors (Lipinski definition) is 5. The summed E-state index contributed by atoms with van der Waals surface area (Å²) in [6.45, 7) is 0. The predicted octanol–water partition coefficient (Wildman–Crippen LogP) is 2.34. The molecule has 0 aliphatic carbocycles. The van der Waals surface area contributed by atoms with E-state index in [1.807, 2.05) is 43.3 Å². The summed E-state index contributed by atoms with van der Waals surface area (Å²) in [6, 6.07) is 14.3. The first-order valence-corrected chi connectivity index (χ1v) is 6.21. The third-order valence-electron chi connectivity index (χ3n) is 2.84. The summed E-state index contributed by atoms with van der Waals surface area (Å²) >= 11 is 0. The molecule has 0 saturated carbocycles. The molecule has 2 N–H and O–H groups in total. The van der Waals surface area contributed by atoms with Crippen LogP contribution in [-0.4, -0.2) is 31.3 Å². The molecule has 0 bridgehead atoms. The van der Waals surface area contributed by atoms with E-state index in [0.29, 0.717) is 11.2 Å². The third-order valence-corrected chi connectivity index (χ3v) is 2.84. The summed E-state index contributed by atoms with van der Waals surface area (Å²) in [5.41, 5.74) is 2.96. The van der Waals surface area contributed by atoms with Gasteiger partial charge in [0.15, 0.2) is 0 Å². The van der Waals surface area contributed by atoms with E-state index >= 15 is 0 Å². The van der Waals surface area contributed by atoms with Crippen LogP contribution in [0.4, 0.5) is 17.1 Å². The summed E-state index contributed by atoms with van der Waals surface area (Å²) in [5.74, 6) is 0. The molecule has 0 radical (unpaired) electrons. The molecule has 0 fully saturated rings. The SMILES string of the molecule is CN(C)c1ccc(N=Nc2ccc(B(O)O)cc2)cc1.[HH].[HH]. The fraction of sp³-hybridized carbons (Fsp3) is 0.143. The van der Waals surface area contributed by atoms with Gasteiger partial charge in [0, 0.05) is 22.6 Å². The van der Waals surface area contributed by atoms with Crippen molar-refractivity contribution in [1.29, 1.82) is 0 Å². The molecule has 6 heteroatoms. The molecule has 2 aromatic rings. The molecule has 0 aromatic heterocycles. The van der Waals surface area contributed by atoms with E-state index in [-0.39, 0.29) is 2.85 Å². The van der Waals surface area contributed by atoms with E-state index in [2.05, 4.69) is 10.2 Å². The van der Waals surface area contributed by atoms with Crippen LogP contribution in [0.3, 0.4) is 0 Å². The van der Waals surface area contributed by atoms with E-state index in [1.54, 1.807) is 24.3 Å². The molecule has 106 valence electrons. The molecule has 0 spiro atoms. The van der Waals surface area contributed by atoms with Gasteiger partial charge in [-0.3, -0.25) is 0 Å². The molecule has 0 atom stereocenters. The van der Waals surface area contributed by atoms with Crippen molar-refractivity contribution >= 4 is 29.6 Å². The van der Waals surface area contributed by atoms with Crippen molar-refractivity contribution < 1.29 is 12.9 Å². The van der Waals surface area contributed by atoms with Gasteiger partial charge in [0.25, 0.3) is 0 Å². The summed E-state index contributed by atoms with van der Waals surface area (Å²) in [6.07, 6.45) is 0. The monoisotopic (exact) mass is 273 g/mol. The Labute approximate surface area is 121 Å². The van der Waals surface area contributed by atoms with Gasteiger partial charge in [0.2, 0.25) is 0 Å². The lowest BCUT2D eigenvalue weighted by molar-refractivity contribution is 0.426. The van der Waals surface area contributed by atoms with Crippen LogP contribution in [0.25, 0.3) is 0 Å². The van der Waals surface area contributed by atoms with Crippen molar-refractivity contribution in [2.24, 2.45) is 10.2 Å². The molecule has 20 heavy (non-hydrogen) atoms. The number of hydrogen-bond donors (Lipinski definition) is 2. The average molecular weight is 273 g/mol. The lowest BCUT2D eigenvalue weighted by Crippen LogP contribution is -2.29. The Morgan fingerprint density at radius 1 is 0.850 bits per heavy atom. The minimum absolute atomic E-state index is 0. The Kier molecular flexibility index (Phi) is 4.50. The Bertz CT molecular complexity index is 537. The quantitative estimate of drug-likeness (QED) is 0.663. The summed E-state index contributed by atoms with van der Waals surface area (Å²) in [4.78, 5) is 2.01. The fourth-order valence-corrected chi connectivity index (χ4v) is 1.65. The summed E-state index contributed by atoms with van der Waals surface area (Å²) in [7, 11) is 2.50. The van der Waals surface area contributed by atoms with E-state index < -0.39 is 7.12 Å². The first kappa shape index (κ1) is 14.2. The molecule has 0 unspecified atom stereocenters. The van der Waals surface area contributed by atoms with Gasteiger partial charge in [-0.2, -0.15) is 10.2 Å². The maximum Gasteiger partial charge on any atom is 0.488 e. The second-order valence-corrected chi connectivity index (χ2v) is 4.58. The number of rotatable bonds is 4. The van der Waals surface area contributed by atoms with E-state index in [1.165, 1.54) is 0 Å². The predicted molar refractivity (Wildman–Crippen MR) is 85.4 cm³/mol. The standard InChI is InChI=1S/C14H16BN3O2.2H2/c1-18(2)14-9-7-13(8-10-14)17-16-12-5-3-11(4-6-12)15(19)20;;/h3-10,19-20H,1-2H3;2*1H. The van der Waals surface area contributed by atoms with Gasteiger partial charge in [0.1, 0.15) is 0 Å². The van der Waals surface area contributed by atoms with Crippen molar-refractivity contribution in [2.45, 2.75) is 0 Å². The Morgan fingerprint density at radius 3 is 1.70 bits per heavy atom. The highest BCUT2D eigenvalue weighted by Crippen LogP contribution is 2.20. The maximum absolute atomic E-state index is 8.99. The first-order valence-electron chi connectivity index (χ1n) is 6.21. The molecule has 0 aliphatic heterocycles. The van der Waals surface area contributed by atoms with Crippen molar-refractivity contribution in [3.8, 4) is 0 Å². The highest BCUT2D eigenvalue weighted by Gasteiger charge is 2.09. The molecule has 0 aliphatic rings. The number of azo groups is 1. The van der Waals surface area contributed by atoms with Crippen LogP contribution in [0.5, 0.6) is 0 Å². The average Bonchev–Trinajstić information content (AvgIpc) is 2.46. The molecular formula is C14H20BN3O2. The Hall–Kier alpha value is -2.18. The zero-order valence-electron chi connectivity index (χ0n) is 11.4. The van der Waals surface area contributed by atoms with E-state index in [0.717, 1.165) is 11.4 Å². The molecule has 5 nitrogen and oxygen atoms in total. The molecule has 2 aromatic carbocycles. The largest absolute Gasteiger partial charge is 0.488 e. The highest BCUT2D eigenvalue weighted by molar-refractivity contribution is 6.58. The molecule has 2 rings (SSSR count). The maximum atomic E-state index is 8.99. The number of nitrogens with zero attached hydrogens (tertiary/aromatic N) is 3. The van der Waals surface area contributed by atoms with Crippen LogP contribution in [0.15, 0.2) is 58.8 Å². The van der Waals surface area contributed by atoms with Crippen molar-refractivity contribution in [3.05, 3.63) is 48.5 Å². The van der Waals surface area contributed by atoms with Crippen LogP contribution in [-0.2, 0) is 0 Å². The zero-order chi connectivity index (χ0) is 14.5. The van der Waals surface area contributed by atoms with E-state index in [9.17, 15) is 0 Å². The van der Waals surface area contributed by atoms with Crippen molar-refractivity contribution in [1.82, 2.24) is 0 Å². The van der Waals surface area contributed by atoms with Gasteiger partial charge < -0.3 is 14.9 Å². The van der Waals surface area contributed by atoms with Crippen molar-refractivity contribution in [2.75, 3.05) is 19.0 Å². The minimum Gasteiger partial charge on any atom is -0.423 e. The van der Waals surface area contributed by atoms with E-state index in [4.69, 9.17) is 10.0 Å². The Balaban J connectivity index is 0.00000220. The second-order valence-electron chi connectivity index (χ2n) is 4.58. The lowest BCUT2D eigenvalue weighted by Gasteiger charge is -2.11. The third kappa shape index (κ3) is 3.66. The zero-order valence-corrected chi connectivity index (χ0v) is 11.4. The van der Waals surface area contributed by atoms with Gasteiger partial charge in [-0.15, -0.1) is 0 Å². The lowest BCUT2D eigenvalue weighted by atomic mass is 9.80. The number of anilines is 1. The molecule has 0 saturated heterocycles. The summed E-state index contributed by atoms with van der Waals surface area (Å²) in [5, 5.41) is 26.2. The molecular weight excluding hydrogens is 253 g/mol.